The van der Waals surface area contributed by atoms with Crippen LogP contribution >= 0.6 is 0 Å². The molecule has 2 atom stereocenters. The zero-order chi connectivity index (χ0) is 13.8. The summed E-state index contributed by atoms with van der Waals surface area (Å²) < 4.78 is 0. The van der Waals surface area contributed by atoms with Gasteiger partial charge in [0.05, 0.1) is 11.4 Å². The molecular formula is C15H19N3O. The largest absolute Gasteiger partial charge is 0.508 e. The number of aryl methyl sites for hydroxylation is 1. The third kappa shape index (κ3) is 3.29. The number of nitrogens with one attached hydrogen (secondary N) is 1. The van der Waals surface area contributed by atoms with E-state index in [0.717, 1.165) is 17.0 Å². The van der Waals surface area contributed by atoms with Crippen molar-refractivity contribution in [2.24, 2.45) is 0 Å². The Bertz CT molecular complexity index is 557. The molecule has 1 aromatic heterocycles. The van der Waals surface area contributed by atoms with Crippen LogP contribution in [0.2, 0.25) is 0 Å². The van der Waals surface area contributed by atoms with Crippen molar-refractivity contribution in [3.05, 3.63) is 53.6 Å². The highest BCUT2D eigenvalue weighted by molar-refractivity contribution is 5.29. The molecule has 0 amide bonds. The Kier molecular flexibility index (Phi) is 4.12. The summed E-state index contributed by atoms with van der Waals surface area (Å²) in [5.41, 5.74) is 2.94. The van der Waals surface area contributed by atoms with Gasteiger partial charge in [-0.3, -0.25) is 9.97 Å². The second-order valence-electron chi connectivity index (χ2n) is 4.73. The Morgan fingerprint density at radius 2 is 1.84 bits per heavy atom. The van der Waals surface area contributed by atoms with Gasteiger partial charge < -0.3 is 10.4 Å². The Labute approximate surface area is 113 Å². The quantitative estimate of drug-likeness (QED) is 0.884. The number of phenolic OH excluding ortho intramolecular Hbond substituents is 1. The van der Waals surface area contributed by atoms with E-state index in [0.29, 0.717) is 0 Å². The van der Waals surface area contributed by atoms with E-state index in [1.54, 1.807) is 24.5 Å². The molecule has 4 nitrogen and oxygen atoms in total. The Balaban J connectivity index is 2.11. The predicted octanol–water partition coefficient (Wildman–Crippen LogP) is 2.90. The van der Waals surface area contributed by atoms with Crippen LogP contribution in [0.5, 0.6) is 5.75 Å². The standard InChI is InChI=1S/C15H19N3O/c1-10(13-5-4-6-14(19)9-13)18-12(3)15-11(2)16-7-8-17-15/h4-10,12,18-19H,1-3H3. The van der Waals surface area contributed by atoms with Gasteiger partial charge in [-0.05, 0) is 38.5 Å². The lowest BCUT2D eigenvalue weighted by Gasteiger charge is -2.21. The maximum atomic E-state index is 9.51. The Morgan fingerprint density at radius 1 is 1.11 bits per heavy atom. The van der Waals surface area contributed by atoms with Crippen LogP contribution in [-0.2, 0) is 0 Å². The van der Waals surface area contributed by atoms with E-state index >= 15 is 0 Å². The molecular weight excluding hydrogens is 238 g/mol. The third-order valence-corrected chi connectivity index (χ3v) is 3.20. The lowest BCUT2D eigenvalue weighted by atomic mass is 10.1. The molecule has 0 saturated heterocycles. The number of hydrogen-bond donors (Lipinski definition) is 2. The zero-order valence-corrected chi connectivity index (χ0v) is 11.5. The number of phenols is 1. The smallest absolute Gasteiger partial charge is 0.115 e. The maximum absolute atomic E-state index is 9.51. The summed E-state index contributed by atoms with van der Waals surface area (Å²) >= 11 is 0. The second kappa shape index (κ2) is 5.80. The summed E-state index contributed by atoms with van der Waals surface area (Å²) in [4.78, 5) is 8.62. The molecule has 4 heteroatoms. The van der Waals surface area contributed by atoms with Crippen LogP contribution in [0.15, 0.2) is 36.7 Å². The molecule has 0 fully saturated rings. The van der Waals surface area contributed by atoms with Gasteiger partial charge >= 0.3 is 0 Å². The SMILES string of the molecule is Cc1nccnc1C(C)NC(C)c1cccc(O)c1. The summed E-state index contributed by atoms with van der Waals surface area (Å²) in [7, 11) is 0. The highest BCUT2D eigenvalue weighted by Crippen LogP contribution is 2.21. The maximum Gasteiger partial charge on any atom is 0.115 e. The van der Waals surface area contributed by atoms with Crippen LogP contribution in [0.1, 0.15) is 42.9 Å². The normalized spacial score (nSPS) is 14.1. The van der Waals surface area contributed by atoms with Crippen molar-refractivity contribution >= 4 is 0 Å². The topological polar surface area (TPSA) is 58.0 Å². The fourth-order valence-corrected chi connectivity index (χ4v) is 2.19. The highest BCUT2D eigenvalue weighted by atomic mass is 16.3. The van der Waals surface area contributed by atoms with E-state index in [4.69, 9.17) is 0 Å². The molecule has 2 N–H and O–H groups in total. The van der Waals surface area contributed by atoms with Crippen LogP contribution in [0.25, 0.3) is 0 Å². The molecule has 0 aliphatic heterocycles. The van der Waals surface area contributed by atoms with Gasteiger partial charge in [0.25, 0.3) is 0 Å². The van der Waals surface area contributed by atoms with Gasteiger partial charge in [0.2, 0.25) is 0 Å². The summed E-state index contributed by atoms with van der Waals surface area (Å²) in [6.07, 6.45) is 3.41. The zero-order valence-electron chi connectivity index (χ0n) is 11.5. The fraction of sp³-hybridized carbons (Fsp3) is 0.333. The van der Waals surface area contributed by atoms with Gasteiger partial charge in [-0.1, -0.05) is 12.1 Å². The summed E-state index contributed by atoms with van der Waals surface area (Å²) in [5, 5.41) is 13.0. The molecule has 2 aromatic rings. The molecule has 0 spiro atoms. The molecule has 0 radical (unpaired) electrons. The Morgan fingerprint density at radius 3 is 2.53 bits per heavy atom. The lowest BCUT2D eigenvalue weighted by molar-refractivity contribution is 0.463. The van der Waals surface area contributed by atoms with E-state index < -0.39 is 0 Å². The van der Waals surface area contributed by atoms with Crippen LogP contribution in [0.4, 0.5) is 0 Å². The van der Waals surface area contributed by atoms with Gasteiger partial charge in [0.15, 0.2) is 0 Å². The van der Waals surface area contributed by atoms with Crippen LogP contribution in [-0.4, -0.2) is 15.1 Å². The minimum absolute atomic E-state index is 0.103. The second-order valence-corrected chi connectivity index (χ2v) is 4.73. The van der Waals surface area contributed by atoms with Gasteiger partial charge in [0.1, 0.15) is 5.75 Å². The van der Waals surface area contributed by atoms with E-state index in [-0.39, 0.29) is 17.8 Å². The van der Waals surface area contributed by atoms with Crippen LogP contribution < -0.4 is 5.32 Å². The molecule has 1 heterocycles. The summed E-state index contributed by atoms with van der Waals surface area (Å²) in [6, 6.07) is 7.52. The first kappa shape index (κ1) is 13.5. The average Bonchev–Trinajstić information content (AvgIpc) is 2.39. The number of hydrogen-bond acceptors (Lipinski definition) is 4. The monoisotopic (exact) mass is 257 g/mol. The number of nitrogens with zero attached hydrogens (tertiary/aromatic N) is 2. The first-order valence-electron chi connectivity index (χ1n) is 6.40. The van der Waals surface area contributed by atoms with Crippen LogP contribution in [0, 0.1) is 6.92 Å². The van der Waals surface area contributed by atoms with Crippen molar-refractivity contribution in [1.29, 1.82) is 0 Å². The van der Waals surface area contributed by atoms with Crippen molar-refractivity contribution in [3.63, 3.8) is 0 Å². The first-order chi connectivity index (χ1) is 9.08. The lowest BCUT2D eigenvalue weighted by Crippen LogP contribution is -2.24. The number of rotatable bonds is 4. The van der Waals surface area contributed by atoms with Crippen molar-refractivity contribution in [2.45, 2.75) is 32.9 Å². The van der Waals surface area contributed by atoms with Crippen LogP contribution in [0.3, 0.4) is 0 Å². The molecule has 0 bridgehead atoms. The van der Waals surface area contributed by atoms with Gasteiger partial charge in [-0.15, -0.1) is 0 Å². The van der Waals surface area contributed by atoms with Crippen molar-refractivity contribution in [1.82, 2.24) is 15.3 Å². The number of aromatic nitrogens is 2. The first-order valence-corrected chi connectivity index (χ1v) is 6.40. The van der Waals surface area contributed by atoms with E-state index in [1.807, 2.05) is 19.1 Å². The summed E-state index contributed by atoms with van der Waals surface area (Å²) in [6.45, 7) is 6.09. The van der Waals surface area contributed by atoms with Gasteiger partial charge in [0, 0.05) is 24.5 Å². The molecule has 0 saturated carbocycles. The van der Waals surface area contributed by atoms with Crippen molar-refractivity contribution in [2.75, 3.05) is 0 Å². The Hall–Kier alpha value is -1.94. The average molecular weight is 257 g/mol. The number of benzene rings is 1. The van der Waals surface area contributed by atoms with E-state index in [1.165, 1.54) is 0 Å². The predicted molar refractivity (Wildman–Crippen MR) is 74.8 cm³/mol. The van der Waals surface area contributed by atoms with E-state index in [9.17, 15) is 5.11 Å². The minimum Gasteiger partial charge on any atom is -0.508 e. The molecule has 1 aromatic carbocycles. The molecule has 19 heavy (non-hydrogen) atoms. The van der Waals surface area contributed by atoms with E-state index in [2.05, 4.69) is 29.1 Å². The van der Waals surface area contributed by atoms with Gasteiger partial charge in [-0.2, -0.15) is 0 Å². The third-order valence-electron chi connectivity index (χ3n) is 3.20. The van der Waals surface area contributed by atoms with Crippen molar-refractivity contribution < 1.29 is 5.11 Å². The minimum atomic E-state index is 0.103. The van der Waals surface area contributed by atoms with Crippen molar-refractivity contribution in [3.8, 4) is 5.75 Å². The fourth-order valence-electron chi connectivity index (χ4n) is 2.19. The molecule has 0 aliphatic rings. The summed E-state index contributed by atoms with van der Waals surface area (Å²) in [5.74, 6) is 0.287. The molecule has 2 unspecified atom stereocenters. The molecule has 2 rings (SSSR count). The highest BCUT2D eigenvalue weighted by Gasteiger charge is 2.14. The molecule has 0 aliphatic carbocycles. The van der Waals surface area contributed by atoms with Gasteiger partial charge in [-0.25, -0.2) is 0 Å². The molecule has 100 valence electrons. The number of aromatic hydroxyl groups is 1.